The number of hydrogen-bond donors (Lipinski definition) is 3. The molecule has 3 N–H and O–H groups in total. The number of halogens is 3. The molecule has 4 nitrogen and oxygen atoms in total. The molecule has 7 heteroatoms. The number of aromatic amines is 1. The topological polar surface area (TPSA) is 52.2 Å². The molecular weight excluding hydrogens is 418 g/mol. The number of rotatable bonds is 5. The third kappa shape index (κ3) is 5.17. The fraction of sp³-hybridized carbons (Fsp3) is 0.267. The number of aliphatic imine (C=N–C) groups is 1. The van der Waals surface area contributed by atoms with Crippen molar-refractivity contribution in [2.45, 2.75) is 6.42 Å². The smallest absolute Gasteiger partial charge is 0.191 e. The van der Waals surface area contributed by atoms with E-state index in [1.807, 2.05) is 6.20 Å². The van der Waals surface area contributed by atoms with Crippen molar-refractivity contribution in [3.05, 3.63) is 47.4 Å². The lowest BCUT2D eigenvalue weighted by Gasteiger charge is -2.10. The van der Waals surface area contributed by atoms with Crippen molar-refractivity contribution in [2.24, 2.45) is 4.99 Å². The lowest BCUT2D eigenvalue weighted by Crippen LogP contribution is -2.38. The molecule has 1 aromatic carbocycles. The molecule has 0 aliphatic carbocycles. The van der Waals surface area contributed by atoms with E-state index in [4.69, 9.17) is 11.6 Å². The molecule has 22 heavy (non-hydrogen) atoms. The van der Waals surface area contributed by atoms with E-state index in [1.54, 1.807) is 13.1 Å². The summed E-state index contributed by atoms with van der Waals surface area (Å²) in [5, 5.41) is 7.80. The Kier molecular flexibility index (Phi) is 7.67. The zero-order chi connectivity index (χ0) is 15.2. The highest BCUT2D eigenvalue weighted by Crippen LogP contribution is 2.19. The van der Waals surface area contributed by atoms with Gasteiger partial charge < -0.3 is 15.6 Å². The first-order valence-electron chi connectivity index (χ1n) is 6.63. The Morgan fingerprint density at radius 1 is 1.41 bits per heavy atom. The minimum absolute atomic E-state index is 0. The van der Waals surface area contributed by atoms with Gasteiger partial charge >= 0.3 is 0 Å². The second-order valence-electron chi connectivity index (χ2n) is 4.62. The summed E-state index contributed by atoms with van der Waals surface area (Å²) in [6.07, 6.45) is 2.71. The number of H-pyrrole nitrogens is 1. The highest BCUT2D eigenvalue weighted by Gasteiger charge is 2.05. The second-order valence-corrected chi connectivity index (χ2v) is 5.16. The van der Waals surface area contributed by atoms with E-state index < -0.39 is 0 Å². The van der Waals surface area contributed by atoms with Crippen molar-refractivity contribution in [1.82, 2.24) is 15.6 Å². The third-order valence-electron chi connectivity index (χ3n) is 3.09. The Balaban J connectivity index is 0.00000242. The van der Waals surface area contributed by atoms with Gasteiger partial charge in [0.1, 0.15) is 5.82 Å². The average Bonchev–Trinajstić information content (AvgIpc) is 2.84. The minimum Gasteiger partial charge on any atom is -0.361 e. The molecule has 0 amide bonds. The van der Waals surface area contributed by atoms with Gasteiger partial charge in [0, 0.05) is 35.7 Å². The maximum absolute atomic E-state index is 13.1. The van der Waals surface area contributed by atoms with E-state index in [0.717, 1.165) is 22.9 Å². The number of hydrogen-bond acceptors (Lipinski definition) is 1. The fourth-order valence-electron chi connectivity index (χ4n) is 2.08. The van der Waals surface area contributed by atoms with Gasteiger partial charge in [-0.1, -0.05) is 18.2 Å². The van der Waals surface area contributed by atoms with Crippen molar-refractivity contribution in [1.29, 1.82) is 0 Å². The average molecular weight is 437 g/mol. The molecule has 0 fully saturated rings. The van der Waals surface area contributed by atoms with E-state index in [-0.39, 0.29) is 29.8 Å². The van der Waals surface area contributed by atoms with Crippen molar-refractivity contribution in [2.75, 3.05) is 20.1 Å². The molecule has 120 valence electrons. The highest BCUT2D eigenvalue weighted by atomic mass is 127. The number of guanidine groups is 1. The third-order valence-corrected chi connectivity index (χ3v) is 3.22. The summed E-state index contributed by atoms with van der Waals surface area (Å²) in [4.78, 5) is 7.17. The van der Waals surface area contributed by atoms with Crippen molar-refractivity contribution in [3.63, 3.8) is 0 Å². The molecule has 0 saturated heterocycles. The first-order valence-corrected chi connectivity index (χ1v) is 7.01. The summed E-state index contributed by atoms with van der Waals surface area (Å²) in [5.41, 5.74) is 1.95. The lowest BCUT2D eigenvalue weighted by atomic mass is 10.1. The molecule has 2 aromatic rings. The Morgan fingerprint density at radius 2 is 2.18 bits per heavy atom. The van der Waals surface area contributed by atoms with Gasteiger partial charge in [0.25, 0.3) is 0 Å². The van der Waals surface area contributed by atoms with Gasteiger partial charge in [-0.2, -0.15) is 0 Å². The first-order chi connectivity index (χ1) is 10.1. The first kappa shape index (κ1) is 18.8. The van der Waals surface area contributed by atoms with Gasteiger partial charge in [0.15, 0.2) is 5.96 Å². The van der Waals surface area contributed by atoms with Gasteiger partial charge in [-0.3, -0.25) is 4.99 Å². The molecule has 0 unspecified atom stereocenters. The Labute approximate surface area is 151 Å². The summed E-state index contributed by atoms with van der Waals surface area (Å²) >= 11 is 5.70. The Morgan fingerprint density at radius 3 is 2.86 bits per heavy atom. The summed E-state index contributed by atoms with van der Waals surface area (Å²) < 4.78 is 13.1. The van der Waals surface area contributed by atoms with Crippen LogP contribution in [0.25, 0.3) is 10.9 Å². The van der Waals surface area contributed by atoms with Crippen LogP contribution in [0.2, 0.25) is 0 Å². The second kappa shape index (κ2) is 8.99. The van der Waals surface area contributed by atoms with E-state index in [2.05, 4.69) is 27.2 Å². The molecular formula is C15H19ClFIN4. The van der Waals surface area contributed by atoms with Crippen LogP contribution < -0.4 is 10.6 Å². The number of aromatic nitrogens is 1. The molecule has 0 atom stereocenters. The number of benzene rings is 1. The molecule has 0 spiro atoms. The summed E-state index contributed by atoms with van der Waals surface area (Å²) in [6.45, 7) is 4.78. The van der Waals surface area contributed by atoms with E-state index >= 15 is 0 Å². The standard InChI is InChI=1S/C15H18ClFN4.HI/c1-10(16)8-21-15(18-2)19-6-5-11-9-20-14-7-12(17)3-4-13(11)14;/h3-4,7,9,20H,1,5-6,8H2,2H3,(H2,18,19,21);1H. The predicted octanol–water partition coefficient (Wildman–Crippen LogP) is 3.39. The molecule has 0 aliphatic rings. The van der Waals surface area contributed by atoms with Crippen molar-refractivity contribution < 1.29 is 4.39 Å². The van der Waals surface area contributed by atoms with Crippen LogP contribution >= 0.6 is 35.6 Å². The monoisotopic (exact) mass is 436 g/mol. The molecule has 0 saturated carbocycles. The Hall–Kier alpha value is -1.28. The van der Waals surface area contributed by atoms with Crippen molar-refractivity contribution in [3.8, 4) is 0 Å². The van der Waals surface area contributed by atoms with Gasteiger partial charge in [-0.25, -0.2) is 4.39 Å². The zero-order valence-corrected chi connectivity index (χ0v) is 15.3. The minimum atomic E-state index is -0.236. The van der Waals surface area contributed by atoms with E-state index in [9.17, 15) is 4.39 Å². The van der Waals surface area contributed by atoms with Crippen LogP contribution in [0.4, 0.5) is 4.39 Å². The summed E-state index contributed by atoms with van der Waals surface area (Å²) in [6, 6.07) is 4.76. The van der Waals surface area contributed by atoms with Crippen LogP contribution in [0.15, 0.2) is 41.0 Å². The molecule has 0 aliphatic heterocycles. The summed E-state index contributed by atoms with van der Waals surface area (Å²) in [5.74, 6) is 0.433. The predicted molar refractivity (Wildman–Crippen MR) is 102 cm³/mol. The maximum atomic E-state index is 13.1. The lowest BCUT2D eigenvalue weighted by molar-refractivity contribution is 0.629. The van der Waals surface area contributed by atoms with E-state index in [1.165, 1.54) is 12.1 Å². The molecule has 1 aromatic heterocycles. The number of fused-ring (bicyclic) bond motifs is 1. The quantitative estimate of drug-likeness (QED) is 0.382. The van der Waals surface area contributed by atoms with Crippen LogP contribution in [-0.4, -0.2) is 31.1 Å². The fourth-order valence-corrected chi connectivity index (χ4v) is 2.15. The maximum Gasteiger partial charge on any atom is 0.191 e. The zero-order valence-electron chi connectivity index (χ0n) is 12.2. The highest BCUT2D eigenvalue weighted by molar-refractivity contribution is 14.0. The molecule has 2 rings (SSSR count). The molecule has 0 bridgehead atoms. The van der Waals surface area contributed by atoms with Crippen LogP contribution in [0.3, 0.4) is 0 Å². The van der Waals surface area contributed by atoms with Crippen LogP contribution in [0, 0.1) is 5.82 Å². The largest absolute Gasteiger partial charge is 0.361 e. The van der Waals surface area contributed by atoms with Crippen LogP contribution in [-0.2, 0) is 6.42 Å². The molecule has 1 heterocycles. The summed E-state index contributed by atoms with van der Waals surface area (Å²) in [7, 11) is 1.70. The SMILES string of the molecule is C=C(Cl)CNC(=NC)NCCc1c[nH]c2cc(F)ccc12.I. The van der Waals surface area contributed by atoms with Gasteiger partial charge in [0.2, 0.25) is 0 Å². The van der Waals surface area contributed by atoms with Gasteiger partial charge in [-0.05, 0) is 30.2 Å². The number of nitrogens with zero attached hydrogens (tertiary/aromatic N) is 1. The van der Waals surface area contributed by atoms with Crippen LogP contribution in [0.5, 0.6) is 0 Å². The van der Waals surface area contributed by atoms with E-state index in [0.29, 0.717) is 24.1 Å². The van der Waals surface area contributed by atoms with Crippen molar-refractivity contribution >= 4 is 52.4 Å². The van der Waals surface area contributed by atoms with Gasteiger partial charge in [0.05, 0.1) is 6.54 Å². The van der Waals surface area contributed by atoms with Crippen LogP contribution in [0.1, 0.15) is 5.56 Å². The number of nitrogens with one attached hydrogen (secondary N) is 3. The normalized spacial score (nSPS) is 11.1. The Bertz CT molecular complexity index is 669. The molecule has 0 radical (unpaired) electrons. The van der Waals surface area contributed by atoms with Gasteiger partial charge in [-0.15, -0.1) is 24.0 Å².